The summed E-state index contributed by atoms with van der Waals surface area (Å²) in [6.45, 7) is 11.1. The number of rotatable bonds is 4. The monoisotopic (exact) mass is 529 g/mol. The number of aryl methyl sites for hydroxylation is 1. The van der Waals surface area contributed by atoms with Crippen LogP contribution in [0.15, 0.2) is 22.6 Å². The molecule has 1 unspecified atom stereocenters. The minimum Gasteiger partial charge on any atom is -0.457 e. The Morgan fingerprint density at radius 2 is 2.03 bits per heavy atom. The third kappa shape index (κ3) is 8.91. The van der Waals surface area contributed by atoms with Crippen LogP contribution < -0.4 is 0 Å². The van der Waals surface area contributed by atoms with E-state index in [0.29, 0.717) is 19.3 Å². The van der Waals surface area contributed by atoms with Crippen molar-refractivity contribution in [3.63, 3.8) is 0 Å². The highest BCUT2D eigenvalue weighted by molar-refractivity contribution is 7.09. The molecule has 2 heterocycles. The zero-order valence-corrected chi connectivity index (χ0v) is 23.9. The van der Waals surface area contributed by atoms with Gasteiger partial charge in [-0.05, 0) is 64.0 Å². The Kier molecular flexibility index (Phi) is 11.7. The number of nitrogens with zero attached hydrogens (tertiary/aromatic N) is 1. The highest BCUT2D eigenvalue weighted by Crippen LogP contribution is 2.34. The molecule has 0 spiro atoms. The maximum Gasteiger partial charge on any atom is 0.309 e. The second-order valence-electron chi connectivity index (χ2n) is 11.0. The molecule has 5 atom stereocenters. The zero-order chi connectivity index (χ0) is 27.8. The SMILES string of the molecule is C#CCC[C@H]1C(=O)C(C)(C)[C@@H](O)CC(=O)OC(/C(C)=C/c2csc(C)n2)C/C=C(/C)CCC[C@H](C)[C@@H]1O. The topological polar surface area (TPSA) is 96.7 Å². The number of hydrogen-bond acceptors (Lipinski definition) is 7. The molecule has 0 fully saturated rings. The van der Waals surface area contributed by atoms with Gasteiger partial charge in [-0.15, -0.1) is 23.7 Å². The van der Waals surface area contributed by atoms with Crippen LogP contribution in [0, 0.1) is 36.5 Å². The van der Waals surface area contributed by atoms with E-state index < -0.39 is 35.6 Å². The van der Waals surface area contributed by atoms with Crippen LogP contribution in [0.3, 0.4) is 0 Å². The Bertz CT molecular complexity index is 1030. The van der Waals surface area contributed by atoms with E-state index in [1.165, 1.54) is 5.57 Å². The van der Waals surface area contributed by atoms with Crippen LogP contribution in [0.4, 0.5) is 0 Å². The van der Waals surface area contributed by atoms with Gasteiger partial charge in [0.15, 0.2) is 0 Å². The second kappa shape index (κ2) is 14.0. The molecule has 0 aliphatic carbocycles. The van der Waals surface area contributed by atoms with Crippen molar-refractivity contribution in [2.45, 2.75) is 105 Å². The fraction of sp³-hybridized carbons (Fsp3) is 0.633. The van der Waals surface area contributed by atoms with Crippen molar-refractivity contribution in [2.75, 3.05) is 0 Å². The molecule has 1 aliphatic rings. The van der Waals surface area contributed by atoms with Gasteiger partial charge in [-0.1, -0.05) is 32.4 Å². The van der Waals surface area contributed by atoms with Crippen molar-refractivity contribution in [3.05, 3.63) is 33.3 Å². The molecule has 2 rings (SSSR count). The summed E-state index contributed by atoms with van der Waals surface area (Å²) in [6.07, 6.45) is 10.2. The lowest BCUT2D eigenvalue weighted by molar-refractivity contribution is -0.154. The van der Waals surface area contributed by atoms with Crippen LogP contribution in [0.5, 0.6) is 0 Å². The number of hydrogen-bond donors (Lipinski definition) is 2. The summed E-state index contributed by atoms with van der Waals surface area (Å²) in [4.78, 5) is 31.1. The summed E-state index contributed by atoms with van der Waals surface area (Å²) in [6, 6.07) is 0. The molecular weight excluding hydrogens is 486 g/mol. The molecule has 1 aliphatic heterocycles. The number of terminal acetylenes is 1. The first-order chi connectivity index (χ1) is 17.4. The Hall–Kier alpha value is -2.27. The molecule has 0 saturated heterocycles. The van der Waals surface area contributed by atoms with Crippen LogP contribution in [0.2, 0.25) is 0 Å². The zero-order valence-electron chi connectivity index (χ0n) is 23.1. The Morgan fingerprint density at radius 1 is 1.32 bits per heavy atom. The lowest BCUT2D eigenvalue weighted by Gasteiger charge is -2.36. The molecule has 2 N–H and O–H groups in total. The van der Waals surface area contributed by atoms with Crippen molar-refractivity contribution in [1.29, 1.82) is 0 Å². The molecule has 0 aromatic carbocycles. The number of carbonyl (C=O) groups excluding carboxylic acids is 2. The van der Waals surface area contributed by atoms with Crippen molar-refractivity contribution in [2.24, 2.45) is 17.3 Å². The molecule has 204 valence electrons. The first-order valence-electron chi connectivity index (χ1n) is 13.2. The van der Waals surface area contributed by atoms with Gasteiger partial charge in [-0.2, -0.15) is 0 Å². The minimum absolute atomic E-state index is 0.107. The van der Waals surface area contributed by atoms with E-state index in [4.69, 9.17) is 11.2 Å². The lowest BCUT2D eigenvalue weighted by atomic mass is 9.71. The van der Waals surface area contributed by atoms with E-state index in [-0.39, 0.29) is 18.1 Å². The van der Waals surface area contributed by atoms with Crippen molar-refractivity contribution >= 4 is 29.2 Å². The van der Waals surface area contributed by atoms with E-state index in [1.54, 1.807) is 25.2 Å². The maximum absolute atomic E-state index is 13.6. The number of allylic oxidation sites excluding steroid dienone is 1. The van der Waals surface area contributed by atoms with Gasteiger partial charge in [0.2, 0.25) is 0 Å². The third-order valence-electron chi connectivity index (χ3n) is 7.46. The van der Waals surface area contributed by atoms with Crippen LogP contribution in [0.1, 0.15) is 90.3 Å². The van der Waals surface area contributed by atoms with Gasteiger partial charge in [0, 0.05) is 24.1 Å². The van der Waals surface area contributed by atoms with Crippen LogP contribution >= 0.6 is 11.3 Å². The highest BCUT2D eigenvalue weighted by Gasteiger charge is 2.43. The molecule has 0 saturated carbocycles. The average Bonchev–Trinajstić information content (AvgIpc) is 3.24. The number of esters is 1. The number of aromatic nitrogens is 1. The smallest absolute Gasteiger partial charge is 0.309 e. The number of Topliss-reactive ketones (excluding diaryl/α,β-unsaturated/α-hetero) is 1. The molecular formula is C30H43NO5S. The summed E-state index contributed by atoms with van der Waals surface area (Å²) >= 11 is 1.56. The van der Waals surface area contributed by atoms with Gasteiger partial charge in [-0.25, -0.2) is 4.98 Å². The lowest BCUT2D eigenvalue weighted by Crippen LogP contribution is -2.46. The fourth-order valence-electron chi connectivity index (χ4n) is 4.74. The van der Waals surface area contributed by atoms with Gasteiger partial charge in [0.1, 0.15) is 11.9 Å². The van der Waals surface area contributed by atoms with Crippen molar-refractivity contribution < 1.29 is 24.5 Å². The fourth-order valence-corrected chi connectivity index (χ4v) is 5.31. The van der Waals surface area contributed by atoms with Gasteiger partial charge in [0.05, 0.1) is 34.7 Å². The highest BCUT2D eigenvalue weighted by atomic mass is 32.1. The minimum atomic E-state index is -1.26. The Labute approximate surface area is 226 Å². The maximum atomic E-state index is 13.6. The first kappa shape index (κ1) is 31.0. The van der Waals surface area contributed by atoms with Gasteiger partial charge < -0.3 is 14.9 Å². The molecule has 1 aromatic rings. The number of cyclic esters (lactones) is 1. The summed E-state index contributed by atoms with van der Waals surface area (Å²) in [5, 5.41) is 25.0. The molecule has 7 heteroatoms. The number of aliphatic hydroxyl groups is 2. The summed E-state index contributed by atoms with van der Waals surface area (Å²) in [7, 11) is 0. The van der Waals surface area contributed by atoms with Crippen LogP contribution in [-0.4, -0.2) is 45.3 Å². The third-order valence-corrected chi connectivity index (χ3v) is 8.26. The Balaban J connectivity index is 2.37. The largest absolute Gasteiger partial charge is 0.457 e. The number of carbonyl (C=O) groups is 2. The molecule has 6 nitrogen and oxygen atoms in total. The van der Waals surface area contributed by atoms with E-state index in [2.05, 4.69) is 23.9 Å². The predicted molar refractivity (Wildman–Crippen MR) is 149 cm³/mol. The van der Waals surface area contributed by atoms with E-state index >= 15 is 0 Å². The standard InChI is InChI=1S/C30H43NO5S/c1-8-9-13-24-28(34)20(3)12-10-11-19(2)14-15-25(21(4)16-23-18-37-22(5)31-23)36-27(33)17-26(32)30(6,7)29(24)35/h1,14,16,18,20,24-26,28,32,34H,9-13,15,17H2,2-7H3/b19-14-,21-16+/t20-,24+,25?,26-,28-/m0/s1. The van der Waals surface area contributed by atoms with E-state index in [0.717, 1.165) is 35.5 Å². The molecule has 37 heavy (non-hydrogen) atoms. The average molecular weight is 530 g/mol. The first-order valence-corrected chi connectivity index (χ1v) is 14.0. The van der Waals surface area contributed by atoms with E-state index in [9.17, 15) is 19.8 Å². The normalized spacial score (nSPS) is 30.2. The number of ketones is 1. The molecule has 0 amide bonds. The summed E-state index contributed by atoms with van der Waals surface area (Å²) < 4.78 is 5.85. The van der Waals surface area contributed by atoms with Crippen molar-refractivity contribution in [3.8, 4) is 12.3 Å². The van der Waals surface area contributed by atoms with Gasteiger partial charge in [0.25, 0.3) is 0 Å². The van der Waals surface area contributed by atoms with Gasteiger partial charge in [-0.3, -0.25) is 9.59 Å². The second-order valence-corrected chi connectivity index (χ2v) is 12.0. The van der Waals surface area contributed by atoms with Crippen molar-refractivity contribution in [1.82, 2.24) is 4.98 Å². The number of thiazole rings is 1. The number of aliphatic hydroxyl groups excluding tert-OH is 2. The molecule has 1 aromatic heterocycles. The Morgan fingerprint density at radius 3 is 2.65 bits per heavy atom. The van der Waals surface area contributed by atoms with Crippen LogP contribution in [0.25, 0.3) is 6.08 Å². The predicted octanol–water partition coefficient (Wildman–Crippen LogP) is 5.66. The summed E-state index contributed by atoms with van der Waals surface area (Å²) in [5.41, 5.74) is 1.60. The summed E-state index contributed by atoms with van der Waals surface area (Å²) in [5.74, 6) is 0.884. The molecule has 0 radical (unpaired) electrons. The molecule has 0 bridgehead atoms. The quantitative estimate of drug-likeness (QED) is 0.297. The number of ether oxygens (including phenoxy) is 1. The van der Waals surface area contributed by atoms with E-state index in [1.807, 2.05) is 32.2 Å². The van der Waals surface area contributed by atoms with Gasteiger partial charge >= 0.3 is 5.97 Å². The van der Waals surface area contributed by atoms with Crippen LogP contribution in [-0.2, 0) is 14.3 Å².